The summed E-state index contributed by atoms with van der Waals surface area (Å²) < 4.78 is 10.4. The molecule has 112 valence electrons. The Kier molecular flexibility index (Phi) is 6.27. The Labute approximate surface area is 118 Å². The zero-order chi connectivity index (χ0) is 15.1. The number of hydrogen-bond donors (Lipinski definition) is 3. The van der Waals surface area contributed by atoms with Crippen molar-refractivity contribution in [2.45, 2.75) is 25.0 Å². The minimum absolute atomic E-state index is 0.0190. The molecule has 0 fully saturated rings. The Hall–Kier alpha value is -1.79. The number of carbonyl (C=O) groups is 1. The van der Waals surface area contributed by atoms with Crippen LogP contribution in [0.1, 0.15) is 24.5 Å². The molecule has 0 heterocycles. The Morgan fingerprint density at radius 3 is 2.55 bits per heavy atom. The Morgan fingerprint density at radius 1 is 1.35 bits per heavy atom. The molecule has 0 aliphatic rings. The minimum Gasteiger partial charge on any atom is -0.497 e. The van der Waals surface area contributed by atoms with E-state index in [-0.39, 0.29) is 12.5 Å². The number of aliphatic hydroxyl groups is 1. The van der Waals surface area contributed by atoms with Gasteiger partial charge >= 0.3 is 5.97 Å². The van der Waals surface area contributed by atoms with Crippen molar-refractivity contribution in [2.75, 3.05) is 21.3 Å². The van der Waals surface area contributed by atoms with E-state index in [0.717, 1.165) is 0 Å². The van der Waals surface area contributed by atoms with Crippen LogP contribution in [-0.4, -0.2) is 43.5 Å². The van der Waals surface area contributed by atoms with Crippen molar-refractivity contribution in [1.29, 1.82) is 0 Å². The second-order valence-electron chi connectivity index (χ2n) is 4.38. The summed E-state index contributed by atoms with van der Waals surface area (Å²) in [7, 11) is 4.74. The number of hydrogen-bond acceptors (Lipinski definition) is 5. The van der Waals surface area contributed by atoms with Gasteiger partial charge in [0.05, 0.1) is 20.3 Å². The van der Waals surface area contributed by atoms with Crippen molar-refractivity contribution in [3.63, 3.8) is 0 Å². The highest BCUT2D eigenvalue weighted by Crippen LogP contribution is 2.32. The van der Waals surface area contributed by atoms with Crippen LogP contribution >= 0.6 is 0 Å². The first-order valence-corrected chi connectivity index (χ1v) is 6.32. The number of aliphatic carboxylic acids is 1. The fourth-order valence-corrected chi connectivity index (χ4v) is 2.03. The average molecular weight is 283 g/mol. The summed E-state index contributed by atoms with van der Waals surface area (Å²) in [6.07, 6.45) is -0.591. The van der Waals surface area contributed by atoms with E-state index in [1.54, 1.807) is 25.2 Å². The summed E-state index contributed by atoms with van der Waals surface area (Å²) >= 11 is 0. The van der Waals surface area contributed by atoms with Gasteiger partial charge < -0.3 is 25.0 Å². The van der Waals surface area contributed by atoms with Gasteiger partial charge in [0.25, 0.3) is 0 Å². The van der Waals surface area contributed by atoms with Gasteiger partial charge in [-0.3, -0.25) is 4.79 Å². The number of aliphatic hydroxyl groups excluding tert-OH is 1. The summed E-state index contributed by atoms with van der Waals surface area (Å²) in [5.41, 5.74) is 0.566. The quantitative estimate of drug-likeness (QED) is 0.664. The highest BCUT2D eigenvalue weighted by molar-refractivity contribution is 5.66. The van der Waals surface area contributed by atoms with Gasteiger partial charge in [0.2, 0.25) is 0 Å². The number of ether oxygens (including phenoxy) is 2. The summed E-state index contributed by atoms with van der Waals surface area (Å²) in [5.74, 6) is 0.247. The maximum Gasteiger partial charge on any atom is 0.303 e. The van der Waals surface area contributed by atoms with E-state index in [4.69, 9.17) is 14.6 Å². The van der Waals surface area contributed by atoms with Crippen LogP contribution in [0.2, 0.25) is 0 Å². The first-order valence-electron chi connectivity index (χ1n) is 6.32. The number of nitrogens with one attached hydrogen (secondary N) is 1. The molecule has 0 bridgehead atoms. The predicted octanol–water partition coefficient (Wildman–Crippen LogP) is 1.19. The standard InChI is InChI=1S/C14H21NO5/c1-15-11(5-7-13(16)17)14(18)10-8-9(19-2)4-6-12(10)20-3/h4,6,8,11,14-15,18H,5,7H2,1-3H3,(H,16,17). The number of likely N-dealkylation sites (N-methyl/N-ethyl adjacent to an activating group) is 1. The topological polar surface area (TPSA) is 88.0 Å². The molecule has 1 aromatic rings. The molecule has 3 N–H and O–H groups in total. The van der Waals surface area contributed by atoms with Gasteiger partial charge in [0, 0.05) is 18.0 Å². The normalized spacial score (nSPS) is 13.6. The van der Waals surface area contributed by atoms with Crippen molar-refractivity contribution in [3.8, 4) is 11.5 Å². The minimum atomic E-state index is -0.893. The van der Waals surface area contributed by atoms with Crippen LogP contribution in [-0.2, 0) is 4.79 Å². The van der Waals surface area contributed by atoms with Crippen molar-refractivity contribution >= 4 is 5.97 Å². The van der Waals surface area contributed by atoms with Crippen molar-refractivity contribution < 1.29 is 24.5 Å². The lowest BCUT2D eigenvalue weighted by molar-refractivity contribution is -0.137. The maximum atomic E-state index is 10.6. The molecule has 6 nitrogen and oxygen atoms in total. The Morgan fingerprint density at radius 2 is 2.05 bits per heavy atom. The summed E-state index contributed by atoms with van der Waals surface area (Å²) in [5, 5.41) is 22.1. The molecule has 0 spiro atoms. The van der Waals surface area contributed by atoms with E-state index >= 15 is 0 Å². The second-order valence-corrected chi connectivity index (χ2v) is 4.38. The van der Waals surface area contributed by atoms with Gasteiger partial charge in [-0.1, -0.05) is 0 Å². The monoisotopic (exact) mass is 283 g/mol. The highest BCUT2D eigenvalue weighted by Gasteiger charge is 2.23. The maximum absolute atomic E-state index is 10.6. The first-order chi connectivity index (χ1) is 9.53. The van der Waals surface area contributed by atoms with Gasteiger partial charge in [-0.15, -0.1) is 0 Å². The van der Waals surface area contributed by atoms with E-state index in [0.29, 0.717) is 23.5 Å². The molecular formula is C14H21NO5. The highest BCUT2D eigenvalue weighted by atomic mass is 16.5. The third kappa shape index (κ3) is 4.11. The third-order valence-corrected chi connectivity index (χ3v) is 3.18. The molecule has 0 saturated carbocycles. The molecule has 2 atom stereocenters. The van der Waals surface area contributed by atoms with E-state index in [2.05, 4.69) is 5.32 Å². The molecule has 1 aromatic carbocycles. The van der Waals surface area contributed by atoms with E-state index in [1.807, 2.05) is 0 Å². The fraction of sp³-hybridized carbons (Fsp3) is 0.500. The zero-order valence-corrected chi connectivity index (χ0v) is 11.9. The summed E-state index contributed by atoms with van der Waals surface area (Å²) in [4.78, 5) is 10.6. The van der Waals surface area contributed by atoms with Gasteiger partial charge in [0.1, 0.15) is 11.5 Å². The average Bonchev–Trinajstić information content (AvgIpc) is 2.46. The van der Waals surface area contributed by atoms with Crippen molar-refractivity contribution in [3.05, 3.63) is 23.8 Å². The molecule has 2 unspecified atom stereocenters. The van der Waals surface area contributed by atoms with Gasteiger partial charge in [-0.05, 0) is 31.7 Å². The lowest BCUT2D eigenvalue weighted by atomic mass is 9.97. The molecule has 0 amide bonds. The first kappa shape index (κ1) is 16.3. The van der Waals surface area contributed by atoms with Crippen LogP contribution in [0.3, 0.4) is 0 Å². The van der Waals surface area contributed by atoms with E-state index in [9.17, 15) is 9.90 Å². The van der Waals surface area contributed by atoms with E-state index < -0.39 is 12.1 Å². The summed E-state index contributed by atoms with van der Waals surface area (Å²) in [6.45, 7) is 0. The molecule has 0 saturated heterocycles. The number of benzene rings is 1. The van der Waals surface area contributed by atoms with Gasteiger partial charge in [0.15, 0.2) is 0 Å². The summed E-state index contributed by atoms with van der Waals surface area (Å²) in [6, 6.07) is 4.75. The molecule has 0 aliphatic carbocycles. The fourth-order valence-electron chi connectivity index (χ4n) is 2.03. The predicted molar refractivity (Wildman–Crippen MR) is 74.2 cm³/mol. The van der Waals surface area contributed by atoms with Crippen LogP contribution in [0.5, 0.6) is 11.5 Å². The molecule has 1 rings (SSSR count). The largest absolute Gasteiger partial charge is 0.497 e. The second kappa shape index (κ2) is 7.72. The van der Waals surface area contributed by atoms with Crippen LogP contribution in [0.4, 0.5) is 0 Å². The van der Waals surface area contributed by atoms with Crippen molar-refractivity contribution in [1.82, 2.24) is 5.32 Å². The number of methoxy groups -OCH3 is 2. The molecular weight excluding hydrogens is 262 g/mol. The lowest BCUT2D eigenvalue weighted by Gasteiger charge is -2.24. The van der Waals surface area contributed by atoms with E-state index in [1.165, 1.54) is 14.2 Å². The molecule has 20 heavy (non-hydrogen) atoms. The third-order valence-electron chi connectivity index (χ3n) is 3.18. The lowest BCUT2D eigenvalue weighted by Crippen LogP contribution is -2.33. The molecule has 0 aromatic heterocycles. The van der Waals surface area contributed by atoms with Crippen LogP contribution < -0.4 is 14.8 Å². The van der Waals surface area contributed by atoms with Crippen molar-refractivity contribution in [2.24, 2.45) is 0 Å². The molecule has 0 radical (unpaired) electrons. The van der Waals surface area contributed by atoms with Gasteiger partial charge in [-0.25, -0.2) is 0 Å². The Bertz CT molecular complexity index is 449. The van der Waals surface area contributed by atoms with Gasteiger partial charge in [-0.2, -0.15) is 0 Å². The number of carboxylic acid groups (broad SMARTS) is 1. The molecule has 0 aliphatic heterocycles. The van der Waals surface area contributed by atoms with Crippen LogP contribution in [0.15, 0.2) is 18.2 Å². The van der Waals surface area contributed by atoms with Crippen LogP contribution in [0.25, 0.3) is 0 Å². The molecule has 6 heteroatoms. The number of carboxylic acids is 1. The number of rotatable bonds is 8. The SMILES string of the molecule is CNC(CCC(=O)O)C(O)c1cc(OC)ccc1OC. The smallest absolute Gasteiger partial charge is 0.303 e. The Balaban J connectivity index is 2.97. The zero-order valence-electron chi connectivity index (χ0n) is 11.9. The van der Waals surface area contributed by atoms with Crippen LogP contribution in [0, 0.1) is 0 Å².